The SMILES string of the molecule is COc1cccc(OC)c1C(=O)Oc1ccc(C(=O)C=Cc2cccc([N+](=O)[O-])c2)cc1. The third kappa shape index (κ3) is 5.17. The van der Waals surface area contributed by atoms with Gasteiger partial charge in [-0.1, -0.05) is 24.3 Å². The molecule has 0 bridgehead atoms. The first-order chi connectivity index (χ1) is 15.4. The number of ether oxygens (including phenoxy) is 3. The molecule has 0 amide bonds. The molecule has 0 saturated heterocycles. The van der Waals surface area contributed by atoms with Gasteiger partial charge in [0.2, 0.25) is 0 Å². The number of nitro groups is 1. The summed E-state index contributed by atoms with van der Waals surface area (Å²) in [7, 11) is 2.88. The highest BCUT2D eigenvalue weighted by atomic mass is 16.6. The number of hydrogen-bond acceptors (Lipinski definition) is 7. The van der Waals surface area contributed by atoms with E-state index in [4.69, 9.17) is 14.2 Å². The molecule has 32 heavy (non-hydrogen) atoms. The van der Waals surface area contributed by atoms with Gasteiger partial charge in [-0.05, 0) is 48.0 Å². The lowest BCUT2D eigenvalue weighted by Gasteiger charge is -2.12. The summed E-state index contributed by atoms with van der Waals surface area (Å²) in [5, 5.41) is 10.8. The molecule has 0 unspecified atom stereocenters. The van der Waals surface area contributed by atoms with Gasteiger partial charge in [-0.25, -0.2) is 4.79 Å². The average Bonchev–Trinajstić information content (AvgIpc) is 2.82. The van der Waals surface area contributed by atoms with Crippen LogP contribution in [0.1, 0.15) is 26.3 Å². The molecule has 3 rings (SSSR count). The van der Waals surface area contributed by atoms with Crippen LogP contribution in [-0.2, 0) is 0 Å². The van der Waals surface area contributed by atoms with Crippen LogP contribution in [0.3, 0.4) is 0 Å². The molecular weight excluding hydrogens is 414 g/mol. The topological polar surface area (TPSA) is 105 Å². The minimum absolute atomic E-state index is 0.0579. The number of non-ortho nitro benzene ring substituents is 1. The normalized spacial score (nSPS) is 10.6. The predicted octanol–water partition coefficient (Wildman–Crippen LogP) is 4.73. The maximum Gasteiger partial charge on any atom is 0.351 e. The fourth-order valence-corrected chi connectivity index (χ4v) is 2.91. The minimum atomic E-state index is -0.663. The maximum absolute atomic E-state index is 12.6. The number of nitrogens with zero attached hydrogens (tertiary/aromatic N) is 1. The van der Waals surface area contributed by atoms with Crippen molar-refractivity contribution in [1.29, 1.82) is 0 Å². The summed E-state index contributed by atoms with van der Waals surface area (Å²) >= 11 is 0. The Bertz CT molecular complexity index is 1160. The molecule has 0 aromatic heterocycles. The summed E-state index contributed by atoms with van der Waals surface area (Å²) in [6.45, 7) is 0. The molecule has 0 N–H and O–H groups in total. The highest BCUT2D eigenvalue weighted by molar-refractivity contribution is 6.07. The molecule has 3 aromatic rings. The molecule has 3 aromatic carbocycles. The highest BCUT2D eigenvalue weighted by Gasteiger charge is 2.20. The molecule has 162 valence electrons. The second-order valence-electron chi connectivity index (χ2n) is 6.50. The highest BCUT2D eigenvalue weighted by Crippen LogP contribution is 2.29. The quantitative estimate of drug-likeness (QED) is 0.126. The van der Waals surface area contributed by atoms with Gasteiger partial charge < -0.3 is 14.2 Å². The van der Waals surface area contributed by atoms with Crippen LogP contribution in [0.4, 0.5) is 5.69 Å². The number of benzene rings is 3. The Morgan fingerprint density at radius 2 is 1.53 bits per heavy atom. The summed E-state index contributed by atoms with van der Waals surface area (Å²) < 4.78 is 15.8. The molecular formula is C24H19NO7. The Kier molecular flexibility index (Phi) is 6.97. The van der Waals surface area contributed by atoms with Crippen molar-refractivity contribution < 1.29 is 28.7 Å². The molecule has 0 fully saturated rings. The monoisotopic (exact) mass is 433 g/mol. The van der Waals surface area contributed by atoms with Crippen molar-refractivity contribution in [2.75, 3.05) is 14.2 Å². The van der Waals surface area contributed by atoms with Crippen molar-refractivity contribution in [2.45, 2.75) is 0 Å². The zero-order valence-corrected chi connectivity index (χ0v) is 17.3. The van der Waals surface area contributed by atoms with Crippen LogP contribution in [0.15, 0.2) is 72.8 Å². The number of esters is 1. The fourth-order valence-electron chi connectivity index (χ4n) is 2.91. The van der Waals surface area contributed by atoms with Gasteiger partial charge in [0.15, 0.2) is 5.78 Å². The van der Waals surface area contributed by atoms with E-state index < -0.39 is 10.9 Å². The van der Waals surface area contributed by atoms with E-state index in [1.54, 1.807) is 30.3 Å². The van der Waals surface area contributed by atoms with E-state index in [1.165, 1.54) is 62.8 Å². The van der Waals surface area contributed by atoms with Gasteiger partial charge in [0.05, 0.1) is 19.1 Å². The van der Waals surface area contributed by atoms with E-state index in [0.717, 1.165) is 0 Å². The molecule has 0 radical (unpaired) electrons. The zero-order chi connectivity index (χ0) is 23.1. The molecule has 8 nitrogen and oxygen atoms in total. The van der Waals surface area contributed by atoms with Crippen LogP contribution in [0.5, 0.6) is 17.2 Å². The van der Waals surface area contributed by atoms with E-state index in [2.05, 4.69) is 0 Å². The van der Waals surface area contributed by atoms with Crippen molar-refractivity contribution in [3.8, 4) is 17.2 Å². The van der Waals surface area contributed by atoms with Crippen LogP contribution in [0.25, 0.3) is 6.08 Å². The maximum atomic E-state index is 12.6. The van der Waals surface area contributed by atoms with Crippen LogP contribution in [0, 0.1) is 10.1 Å². The van der Waals surface area contributed by atoms with Crippen molar-refractivity contribution in [3.05, 3.63) is 99.6 Å². The van der Waals surface area contributed by atoms with Gasteiger partial charge in [-0.2, -0.15) is 0 Å². The number of hydrogen-bond donors (Lipinski definition) is 0. The Labute approximate surface area is 183 Å². The van der Waals surface area contributed by atoms with E-state index >= 15 is 0 Å². The molecule has 0 spiro atoms. The molecule has 0 atom stereocenters. The Balaban J connectivity index is 1.71. The van der Waals surface area contributed by atoms with Crippen molar-refractivity contribution in [1.82, 2.24) is 0 Å². The van der Waals surface area contributed by atoms with Crippen LogP contribution in [0.2, 0.25) is 0 Å². The lowest BCUT2D eigenvalue weighted by Crippen LogP contribution is -2.12. The summed E-state index contributed by atoms with van der Waals surface area (Å²) in [6, 6.07) is 16.9. The van der Waals surface area contributed by atoms with Crippen molar-refractivity contribution in [2.24, 2.45) is 0 Å². The Morgan fingerprint density at radius 3 is 2.12 bits per heavy atom. The molecule has 0 aliphatic rings. The largest absolute Gasteiger partial charge is 0.496 e. The second kappa shape index (κ2) is 10.0. The number of carbonyl (C=O) groups excluding carboxylic acids is 2. The first kappa shape index (κ1) is 22.2. The molecule has 8 heteroatoms. The smallest absolute Gasteiger partial charge is 0.351 e. The molecule has 0 aliphatic carbocycles. The second-order valence-corrected chi connectivity index (χ2v) is 6.50. The van der Waals surface area contributed by atoms with E-state index in [0.29, 0.717) is 22.6 Å². The number of methoxy groups -OCH3 is 2. The molecule has 0 aliphatic heterocycles. The number of carbonyl (C=O) groups is 2. The third-order valence-electron chi connectivity index (χ3n) is 4.49. The summed E-state index contributed by atoms with van der Waals surface area (Å²) in [4.78, 5) is 35.4. The number of ketones is 1. The van der Waals surface area contributed by atoms with Gasteiger partial charge in [0, 0.05) is 17.7 Å². The Hall–Kier alpha value is -4.46. The number of nitro benzene ring substituents is 1. The number of allylic oxidation sites excluding steroid dienone is 1. The van der Waals surface area contributed by atoms with E-state index in [1.807, 2.05) is 0 Å². The van der Waals surface area contributed by atoms with Gasteiger partial charge in [0.1, 0.15) is 22.8 Å². The third-order valence-corrected chi connectivity index (χ3v) is 4.49. The predicted molar refractivity (Wildman–Crippen MR) is 117 cm³/mol. The standard InChI is InChI=1S/C24H19NO7/c1-30-21-7-4-8-22(31-2)23(21)24(27)32-19-12-10-17(11-13-19)20(26)14-9-16-5-3-6-18(15-16)25(28)29/h3-15H,1-2H3. The average molecular weight is 433 g/mol. The summed E-state index contributed by atoms with van der Waals surface area (Å²) in [6.07, 6.45) is 2.82. The molecule has 0 heterocycles. The van der Waals surface area contributed by atoms with Crippen molar-refractivity contribution in [3.63, 3.8) is 0 Å². The van der Waals surface area contributed by atoms with Gasteiger partial charge in [0.25, 0.3) is 5.69 Å². The zero-order valence-electron chi connectivity index (χ0n) is 17.3. The lowest BCUT2D eigenvalue weighted by atomic mass is 10.1. The minimum Gasteiger partial charge on any atom is -0.496 e. The first-order valence-corrected chi connectivity index (χ1v) is 9.43. The van der Waals surface area contributed by atoms with Crippen molar-refractivity contribution >= 4 is 23.5 Å². The van der Waals surface area contributed by atoms with Gasteiger partial charge in [-0.3, -0.25) is 14.9 Å². The summed E-state index contributed by atoms with van der Waals surface area (Å²) in [5.41, 5.74) is 0.986. The van der Waals surface area contributed by atoms with Gasteiger partial charge in [-0.15, -0.1) is 0 Å². The van der Waals surface area contributed by atoms with E-state index in [9.17, 15) is 19.7 Å². The van der Waals surface area contributed by atoms with Crippen LogP contribution < -0.4 is 14.2 Å². The van der Waals surface area contributed by atoms with Crippen LogP contribution >= 0.6 is 0 Å². The van der Waals surface area contributed by atoms with Gasteiger partial charge >= 0.3 is 5.97 Å². The number of rotatable bonds is 8. The Morgan fingerprint density at radius 1 is 0.906 bits per heavy atom. The lowest BCUT2D eigenvalue weighted by molar-refractivity contribution is -0.384. The molecule has 0 saturated carbocycles. The fraction of sp³-hybridized carbons (Fsp3) is 0.0833. The van der Waals surface area contributed by atoms with E-state index in [-0.39, 0.29) is 22.8 Å². The summed E-state index contributed by atoms with van der Waals surface area (Å²) in [5.74, 6) is -0.105. The van der Waals surface area contributed by atoms with Crippen LogP contribution in [-0.4, -0.2) is 30.9 Å². The first-order valence-electron chi connectivity index (χ1n) is 9.43.